The molecule has 2 aromatic carbocycles. The number of pyridine rings is 1. The third-order valence-electron chi connectivity index (χ3n) is 7.30. The third-order valence-corrected chi connectivity index (χ3v) is 7.55. The van der Waals surface area contributed by atoms with Gasteiger partial charge >= 0.3 is 0 Å². The van der Waals surface area contributed by atoms with Crippen LogP contribution in [0.25, 0.3) is 11.1 Å². The summed E-state index contributed by atoms with van der Waals surface area (Å²) >= 11 is 6.02. The van der Waals surface area contributed by atoms with Crippen LogP contribution in [-0.2, 0) is 4.79 Å². The van der Waals surface area contributed by atoms with E-state index in [0.717, 1.165) is 42.1 Å². The van der Waals surface area contributed by atoms with E-state index in [1.807, 2.05) is 54.6 Å². The minimum absolute atomic E-state index is 0.107. The number of halogens is 1. The highest BCUT2D eigenvalue weighted by molar-refractivity contribution is 6.30. The van der Waals surface area contributed by atoms with Crippen molar-refractivity contribution in [2.75, 3.05) is 36.0 Å². The predicted octanol–water partition coefficient (Wildman–Crippen LogP) is 4.94. The smallest absolute Gasteiger partial charge is 0.262 e. The lowest BCUT2D eigenvalue weighted by molar-refractivity contribution is -0.122. The first-order valence-electron chi connectivity index (χ1n) is 12.9. The Kier molecular flexibility index (Phi) is 6.47. The lowest BCUT2D eigenvalue weighted by Crippen LogP contribution is -2.37. The van der Waals surface area contributed by atoms with E-state index in [0.29, 0.717) is 41.8 Å². The molecule has 1 unspecified atom stereocenters. The van der Waals surface area contributed by atoms with Gasteiger partial charge in [0, 0.05) is 30.6 Å². The van der Waals surface area contributed by atoms with Crippen molar-refractivity contribution in [3.63, 3.8) is 0 Å². The zero-order valence-corrected chi connectivity index (χ0v) is 21.3. The van der Waals surface area contributed by atoms with E-state index in [9.17, 15) is 9.59 Å². The van der Waals surface area contributed by atoms with Crippen LogP contribution in [0.3, 0.4) is 0 Å². The Balaban J connectivity index is 1.13. The second kappa shape index (κ2) is 10.1. The number of hydrogen-bond acceptors (Lipinski definition) is 5. The average molecular weight is 517 g/mol. The molecule has 3 aliphatic rings. The lowest BCUT2D eigenvalue weighted by atomic mass is 10.0. The summed E-state index contributed by atoms with van der Waals surface area (Å²) in [5.74, 6) is 2.09. The summed E-state index contributed by atoms with van der Waals surface area (Å²) in [5.41, 5.74) is 3.25. The van der Waals surface area contributed by atoms with Crippen molar-refractivity contribution in [1.29, 1.82) is 0 Å². The van der Waals surface area contributed by atoms with Gasteiger partial charge in [-0.2, -0.15) is 0 Å². The maximum Gasteiger partial charge on any atom is 0.262 e. The quantitative estimate of drug-likeness (QED) is 0.502. The van der Waals surface area contributed by atoms with Gasteiger partial charge in [-0.15, -0.1) is 0 Å². The second-order valence-electron chi connectivity index (χ2n) is 10.0. The predicted molar refractivity (Wildman–Crippen MR) is 144 cm³/mol. The Bertz CT molecular complexity index is 1310. The van der Waals surface area contributed by atoms with E-state index in [-0.39, 0.29) is 17.9 Å². The summed E-state index contributed by atoms with van der Waals surface area (Å²) in [4.78, 5) is 34.2. The van der Waals surface area contributed by atoms with Gasteiger partial charge in [0.2, 0.25) is 5.91 Å². The van der Waals surface area contributed by atoms with Gasteiger partial charge in [-0.05, 0) is 72.7 Å². The van der Waals surface area contributed by atoms with Crippen LogP contribution in [0.15, 0.2) is 60.8 Å². The van der Waals surface area contributed by atoms with E-state index in [4.69, 9.17) is 16.3 Å². The number of aromatic nitrogens is 1. The van der Waals surface area contributed by atoms with E-state index in [1.165, 1.54) is 12.8 Å². The molecule has 0 bridgehead atoms. The monoisotopic (exact) mass is 516 g/mol. The van der Waals surface area contributed by atoms with Gasteiger partial charge < -0.3 is 19.9 Å². The highest BCUT2D eigenvalue weighted by atomic mass is 35.5. The Morgan fingerprint density at radius 2 is 1.84 bits per heavy atom. The maximum atomic E-state index is 13.4. The van der Waals surface area contributed by atoms with E-state index in [2.05, 4.69) is 15.2 Å². The summed E-state index contributed by atoms with van der Waals surface area (Å²) in [6.45, 7) is 2.42. The zero-order valence-electron chi connectivity index (χ0n) is 20.5. The summed E-state index contributed by atoms with van der Waals surface area (Å²) in [6, 6.07) is 17.3. The molecule has 3 aromatic rings. The molecule has 1 N–H and O–H groups in total. The van der Waals surface area contributed by atoms with E-state index in [1.54, 1.807) is 11.1 Å². The summed E-state index contributed by atoms with van der Waals surface area (Å²) in [5, 5.41) is 3.85. The van der Waals surface area contributed by atoms with Crippen LogP contribution in [0.5, 0.6) is 5.75 Å². The summed E-state index contributed by atoms with van der Waals surface area (Å²) in [7, 11) is 0. The number of ether oxygens (including phenoxy) is 1. The Morgan fingerprint density at radius 1 is 1.03 bits per heavy atom. The molecule has 1 saturated heterocycles. The van der Waals surface area contributed by atoms with Crippen LogP contribution < -0.4 is 19.9 Å². The van der Waals surface area contributed by atoms with Crippen LogP contribution in [0.4, 0.5) is 11.5 Å². The topological polar surface area (TPSA) is 74.8 Å². The number of hydrogen-bond donors (Lipinski definition) is 1. The number of rotatable bonds is 6. The molecule has 2 aliphatic heterocycles. The SMILES string of the molecule is O=C(CC1CC1)NC1CCN(c2ccc(N3CCOc4cc(-c5ccc(Cl)cc5)ccc4C3=O)cn2)C1. The summed E-state index contributed by atoms with van der Waals surface area (Å²) < 4.78 is 5.98. The number of carbonyl (C=O) groups is 2. The van der Waals surface area contributed by atoms with Crippen molar-refractivity contribution < 1.29 is 14.3 Å². The number of nitrogens with zero attached hydrogens (tertiary/aromatic N) is 3. The largest absolute Gasteiger partial charge is 0.491 e. The van der Waals surface area contributed by atoms with Crippen molar-refractivity contribution in [3.05, 3.63) is 71.4 Å². The molecule has 2 amide bonds. The number of anilines is 2. The van der Waals surface area contributed by atoms with Crippen molar-refractivity contribution in [2.24, 2.45) is 5.92 Å². The number of benzene rings is 2. The molecule has 1 atom stereocenters. The molecule has 37 heavy (non-hydrogen) atoms. The maximum absolute atomic E-state index is 13.4. The molecule has 1 aromatic heterocycles. The van der Waals surface area contributed by atoms with Crippen molar-refractivity contribution >= 4 is 34.9 Å². The van der Waals surface area contributed by atoms with Gasteiger partial charge in [0.25, 0.3) is 5.91 Å². The second-order valence-corrected chi connectivity index (χ2v) is 10.5. The molecular formula is C29H29ClN4O3. The fraction of sp³-hybridized carbons (Fsp3) is 0.345. The van der Waals surface area contributed by atoms with Gasteiger partial charge in [-0.3, -0.25) is 9.59 Å². The van der Waals surface area contributed by atoms with E-state index < -0.39 is 0 Å². The van der Waals surface area contributed by atoms with Gasteiger partial charge in [0.1, 0.15) is 18.2 Å². The lowest BCUT2D eigenvalue weighted by Gasteiger charge is -2.22. The molecule has 3 heterocycles. The minimum Gasteiger partial charge on any atom is -0.491 e. The van der Waals surface area contributed by atoms with Crippen molar-refractivity contribution in [3.8, 4) is 16.9 Å². The van der Waals surface area contributed by atoms with Gasteiger partial charge in [0.05, 0.1) is 24.0 Å². The first-order chi connectivity index (χ1) is 18.0. The van der Waals surface area contributed by atoms with Crippen LogP contribution in [0, 0.1) is 5.92 Å². The van der Waals surface area contributed by atoms with Crippen molar-refractivity contribution in [1.82, 2.24) is 10.3 Å². The fourth-order valence-corrected chi connectivity index (χ4v) is 5.19. The van der Waals surface area contributed by atoms with Crippen molar-refractivity contribution in [2.45, 2.75) is 31.7 Å². The molecule has 6 rings (SSSR count). The summed E-state index contributed by atoms with van der Waals surface area (Å²) in [6.07, 6.45) is 5.68. The zero-order chi connectivity index (χ0) is 25.4. The number of fused-ring (bicyclic) bond motifs is 1. The molecule has 0 spiro atoms. The first kappa shape index (κ1) is 23.8. The Labute approximate surface area is 221 Å². The Hall–Kier alpha value is -3.58. The minimum atomic E-state index is -0.107. The molecule has 1 aliphatic carbocycles. The van der Waals surface area contributed by atoms with Crippen LogP contribution in [-0.4, -0.2) is 49.1 Å². The van der Waals surface area contributed by atoms with Gasteiger partial charge in [-0.25, -0.2) is 4.98 Å². The Morgan fingerprint density at radius 3 is 2.59 bits per heavy atom. The van der Waals surface area contributed by atoms with Crippen LogP contribution in [0.1, 0.15) is 36.0 Å². The molecule has 2 fully saturated rings. The molecule has 1 saturated carbocycles. The average Bonchev–Trinajstić information content (AvgIpc) is 3.63. The van der Waals surface area contributed by atoms with E-state index >= 15 is 0 Å². The molecule has 190 valence electrons. The number of amides is 2. The van der Waals surface area contributed by atoms with Gasteiger partial charge in [0.15, 0.2) is 0 Å². The van der Waals surface area contributed by atoms with Gasteiger partial charge in [-0.1, -0.05) is 29.8 Å². The molecular weight excluding hydrogens is 488 g/mol. The molecule has 8 heteroatoms. The normalized spacial score (nSPS) is 19.3. The first-order valence-corrected chi connectivity index (χ1v) is 13.3. The molecule has 7 nitrogen and oxygen atoms in total. The number of nitrogens with one attached hydrogen (secondary N) is 1. The van der Waals surface area contributed by atoms with Crippen LogP contribution >= 0.6 is 11.6 Å². The standard InChI is InChI=1S/C29H29ClN4O3/c30-22-6-3-20(4-7-22)21-5-9-25-26(16-21)37-14-13-34(29(25)36)24-8-10-27(31-17-24)33-12-11-23(18-33)32-28(35)15-19-1-2-19/h3-10,16-17,19,23H,1-2,11-15,18H2,(H,32,35). The van der Waals surface area contributed by atoms with Crippen LogP contribution in [0.2, 0.25) is 5.02 Å². The number of carbonyl (C=O) groups excluding carboxylic acids is 2. The third kappa shape index (κ3) is 5.27. The highest BCUT2D eigenvalue weighted by Crippen LogP contribution is 2.33. The molecule has 0 radical (unpaired) electrons. The highest BCUT2D eigenvalue weighted by Gasteiger charge is 2.29. The fourth-order valence-electron chi connectivity index (χ4n) is 5.06.